The molecule has 0 heterocycles. The zero-order chi connectivity index (χ0) is 45.2. The van der Waals surface area contributed by atoms with Crippen molar-refractivity contribution in [3.05, 3.63) is 206 Å². The van der Waals surface area contributed by atoms with E-state index in [0.29, 0.717) is 15.8 Å². The standard InChI is InChI=1S/C44H32N3.2C6H15P.HI.Pt/c1-2-35-23-25-40(26-24-35)47(43-31-27-41(28-32-43)45(36-15-7-3-8-16-36)37-17-9-4-10-18-37)44-33-29-42(30-34-44)46(38-19-11-5-12-20-38)39-21-13-6-14-22-39;2*1-4-7(5-2)6-3;;/h3-34H;2*4-6H2,1-3H3;1H;/q-1;;;;+2/p-1. The van der Waals surface area contributed by atoms with Gasteiger partial charge >= 0.3 is 35.5 Å². The summed E-state index contributed by atoms with van der Waals surface area (Å²) in [7, 11) is 0.892. The number of para-hydroxylation sites is 4. The second-order valence-corrected chi connectivity index (χ2v) is 20.8. The predicted molar refractivity (Wildman–Crippen MR) is 288 cm³/mol. The molecule has 7 aromatic rings. The summed E-state index contributed by atoms with van der Waals surface area (Å²) in [5.74, 6) is 2.50. The fourth-order valence-electron chi connectivity index (χ4n) is 7.19. The molecule has 0 saturated heterocycles. The number of nitrogens with zero attached hydrogens (tertiary/aromatic N) is 3. The van der Waals surface area contributed by atoms with E-state index in [1.165, 1.54) is 37.0 Å². The van der Waals surface area contributed by atoms with E-state index in [0.717, 1.165) is 56.7 Å². The van der Waals surface area contributed by atoms with E-state index < -0.39 is 0 Å². The van der Waals surface area contributed by atoms with Gasteiger partial charge in [-0.15, -0.1) is 33.5 Å². The van der Waals surface area contributed by atoms with Crippen LogP contribution in [0.3, 0.4) is 0 Å². The molecule has 0 spiro atoms. The molecule has 328 valence electrons. The summed E-state index contributed by atoms with van der Waals surface area (Å²) in [6.07, 6.45) is 16.1. The second kappa shape index (κ2) is 29.3. The molecule has 0 aromatic heterocycles. The Morgan fingerprint density at radius 2 is 0.508 bits per heavy atom. The molecule has 0 unspecified atom stereocenters. The van der Waals surface area contributed by atoms with Gasteiger partial charge in [0, 0.05) is 51.2 Å². The topological polar surface area (TPSA) is 9.72 Å². The Hall–Kier alpha value is -4.22. The number of hydrogen-bond acceptors (Lipinski definition) is 3. The average Bonchev–Trinajstić information content (AvgIpc) is 3.36. The summed E-state index contributed by atoms with van der Waals surface area (Å²) in [6.45, 7) is 13.7. The first-order chi connectivity index (χ1) is 31.0. The van der Waals surface area contributed by atoms with Crippen molar-refractivity contribution in [2.24, 2.45) is 0 Å². The van der Waals surface area contributed by atoms with Crippen LogP contribution in [0.1, 0.15) is 47.1 Å². The quantitative estimate of drug-likeness (QED) is 0.0438. The fourth-order valence-corrected chi connectivity index (χ4v) is 9.87. The van der Waals surface area contributed by atoms with E-state index in [1.54, 1.807) is 0 Å². The zero-order valence-corrected chi connectivity index (χ0v) is 43.9. The van der Waals surface area contributed by atoms with E-state index in [4.69, 9.17) is 6.42 Å². The first kappa shape index (κ1) is 51.4. The molecule has 7 heteroatoms. The number of hydrogen-bond donors (Lipinski definition) is 0. The number of benzene rings is 7. The molecule has 63 heavy (non-hydrogen) atoms. The predicted octanol–water partition coefficient (Wildman–Crippen LogP) is 18.0. The maximum atomic E-state index is 7.59. The molecular formula is C56H62IN3P2Pt. The molecule has 3 nitrogen and oxygen atoms in total. The molecule has 7 aromatic carbocycles. The van der Waals surface area contributed by atoms with Crippen LogP contribution in [0.2, 0.25) is 0 Å². The number of halogens is 1. The van der Waals surface area contributed by atoms with Gasteiger partial charge in [-0.1, -0.05) is 126 Å². The van der Waals surface area contributed by atoms with Gasteiger partial charge in [0.15, 0.2) is 0 Å². The third-order valence-corrected chi connectivity index (χ3v) is 16.1. The molecule has 0 amide bonds. The molecule has 0 fully saturated rings. The van der Waals surface area contributed by atoms with E-state index in [1.807, 2.05) is 48.5 Å². The molecule has 0 aliphatic carbocycles. The summed E-state index contributed by atoms with van der Waals surface area (Å²) >= 11 is 4.23. The van der Waals surface area contributed by atoms with E-state index in [9.17, 15) is 0 Å². The molecule has 0 N–H and O–H groups in total. The first-order valence-corrected chi connectivity index (χ1v) is 32.1. The summed E-state index contributed by atoms with van der Waals surface area (Å²) in [5.41, 5.74) is 10.3. The fraction of sp³-hybridized carbons (Fsp3) is 0.214. The van der Waals surface area contributed by atoms with Crippen LogP contribution in [0.15, 0.2) is 194 Å². The third kappa shape index (κ3) is 15.5. The van der Waals surface area contributed by atoms with Gasteiger partial charge in [-0.2, -0.15) is 0 Å². The van der Waals surface area contributed by atoms with Crippen molar-refractivity contribution >= 4 is 86.4 Å². The molecule has 0 atom stereocenters. The van der Waals surface area contributed by atoms with E-state index >= 15 is 0 Å². The van der Waals surface area contributed by atoms with Crippen LogP contribution in [0.4, 0.5) is 51.2 Å². The van der Waals surface area contributed by atoms with Gasteiger partial charge in [-0.05, 0) is 134 Å². The first-order valence-electron chi connectivity index (χ1n) is 21.9. The van der Waals surface area contributed by atoms with Crippen molar-refractivity contribution in [1.82, 2.24) is 0 Å². The summed E-state index contributed by atoms with van der Waals surface area (Å²) < 4.78 is 0. The second-order valence-electron chi connectivity index (χ2n) is 14.3. The number of anilines is 9. The van der Waals surface area contributed by atoms with Crippen LogP contribution >= 0.6 is 35.2 Å². The van der Waals surface area contributed by atoms with Crippen molar-refractivity contribution in [2.45, 2.75) is 41.5 Å². The van der Waals surface area contributed by atoms with Crippen molar-refractivity contribution in [3.8, 4) is 5.92 Å². The Morgan fingerprint density at radius 1 is 0.333 bits per heavy atom. The molecule has 0 aliphatic rings. The summed E-state index contributed by atoms with van der Waals surface area (Å²) in [4.78, 5) is 6.77. The van der Waals surface area contributed by atoms with Crippen LogP contribution in [0, 0.1) is 12.3 Å². The van der Waals surface area contributed by atoms with Gasteiger partial charge in [-0.3, -0.25) is 5.92 Å². The Labute approximate surface area is 404 Å². The van der Waals surface area contributed by atoms with Crippen LogP contribution < -0.4 is 14.7 Å². The maximum absolute atomic E-state index is 7.59. The monoisotopic (exact) mass is 1160 g/mol. The molecular weight excluding hydrogens is 1100 g/mol. The van der Waals surface area contributed by atoms with Crippen molar-refractivity contribution in [2.75, 3.05) is 51.7 Å². The summed E-state index contributed by atoms with van der Waals surface area (Å²) in [6, 6.07) is 67.0. The summed E-state index contributed by atoms with van der Waals surface area (Å²) in [5, 5.41) is 0. The van der Waals surface area contributed by atoms with Crippen LogP contribution in [0.25, 0.3) is 0 Å². The third-order valence-electron chi connectivity index (χ3n) is 10.7. The van der Waals surface area contributed by atoms with Gasteiger partial charge < -0.3 is 21.1 Å². The van der Waals surface area contributed by atoms with Gasteiger partial charge in [0.25, 0.3) is 0 Å². The van der Waals surface area contributed by atoms with Crippen molar-refractivity contribution in [3.63, 3.8) is 0 Å². The van der Waals surface area contributed by atoms with Crippen LogP contribution in [-0.2, 0) is 16.1 Å². The Morgan fingerprint density at radius 3 is 0.667 bits per heavy atom. The normalized spacial score (nSPS) is 10.3. The Balaban J connectivity index is 0.000000468. The van der Waals surface area contributed by atoms with Gasteiger partial charge in [0.1, 0.15) is 0 Å². The number of rotatable bonds is 15. The van der Waals surface area contributed by atoms with Crippen molar-refractivity contribution in [1.29, 1.82) is 0 Å². The SMILES string of the molecule is CCP(CC)CC.CCP(CC)CC.[C-]#Cc1ccc(N(c2ccc(N(c3ccccc3)c3ccccc3)cc2)c2ccc(N(c3ccccc3)c3ccccc3)cc2)cc1.[I][Pt+]. The van der Waals surface area contributed by atoms with Gasteiger partial charge in [-0.25, -0.2) is 0 Å². The van der Waals surface area contributed by atoms with Crippen molar-refractivity contribution < 1.29 is 16.1 Å². The average molecular weight is 1160 g/mol. The zero-order valence-electron chi connectivity index (χ0n) is 37.6. The molecule has 0 bridgehead atoms. The Kier molecular flexibility index (Phi) is 23.9. The van der Waals surface area contributed by atoms with Gasteiger partial charge in [0.05, 0.1) is 0 Å². The minimum absolute atomic E-state index is 0.446. The van der Waals surface area contributed by atoms with E-state index in [-0.39, 0.29) is 0 Å². The molecule has 0 saturated carbocycles. The van der Waals surface area contributed by atoms with E-state index in [2.05, 4.69) is 243 Å². The molecule has 0 aliphatic heterocycles. The van der Waals surface area contributed by atoms with Gasteiger partial charge in [0.2, 0.25) is 0 Å². The van der Waals surface area contributed by atoms with Crippen LogP contribution in [0.5, 0.6) is 0 Å². The molecule has 7 rings (SSSR count). The molecule has 0 radical (unpaired) electrons. The minimum atomic E-state index is 0.446. The van der Waals surface area contributed by atoms with Crippen LogP contribution in [-0.4, -0.2) is 37.0 Å². The Bertz CT molecular complexity index is 2050.